The van der Waals surface area contributed by atoms with Gasteiger partial charge in [0.2, 0.25) is 11.6 Å². The Kier molecular flexibility index (Phi) is 4.58. The molecule has 9 heteroatoms. The van der Waals surface area contributed by atoms with Gasteiger partial charge in [0.25, 0.3) is 0 Å². The summed E-state index contributed by atoms with van der Waals surface area (Å²) in [5, 5.41) is 18.3. The molecular formula is C19H16N6O2S. The van der Waals surface area contributed by atoms with Gasteiger partial charge in [-0.25, -0.2) is 15.0 Å². The van der Waals surface area contributed by atoms with E-state index in [0.717, 1.165) is 27.0 Å². The van der Waals surface area contributed by atoms with Gasteiger partial charge >= 0.3 is 5.69 Å². The topological polar surface area (TPSA) is 106 Å². The lowest BCUT2D eigenvalue weighted by Gasteiger charge is -2.11. The summed E-state index contributed by atoms with van der Waals surface area (Å²) in [4.78, 5) is 23.9. The van der Waals surface area contributed by atoms with Crippen LogP contribution in [0.3, 0.4) is 0 Å². The predicted molar refractivity (Wildman–Crippen MR) is 111 cm³/mol. The van der Waals surface area contributed by atoms with Crippen molar-refractivity contribution in [2.24, 2.45) is 0 Å². The second kappa shape index (κ2) is 7.20. The van der Waals surface area contributed by atoms with E-state index in [4.69, 9.17) is 0 Å². The number of aromatic nitrogens is 3. The minimum absolute atomic E-state index is 0.0897. The smallest absolute Gasteiger partial charge is 0.334 e. The van der Waals surface area contributed by atoms with E-state index in [1.165, 1.54) is 17.7 Å². The second-order valence-corrected chi connectivity index (χ2v) is 7.26. The highest BCUT2D eigenvalue weighted by atomic mass is 32.1. The first-order chi connectivity index (χ1) is 13.5. The van der Waals surface area contributed by atoms with E-state index in [1.54, 1.807) is 0 Å². The Balaban J connectivity index is 1.73. The van der Waals surface area contributed by atoms with Gasteiger partial charge in [-0.2, -0.15) is 0 Å². The number of rotatable bonds is 5. The molecule has 0 unspecified atom stereocenters. The fourth-order valence-corrected chi connectivity index (χ4v) is 3.62. The maximum absolute atomic E-state index is 11.8. The lowest BCUT2D eigenvalue weighted by Crippen LogP contribution is -2.06. The summed E-state index contributed by atoms with van der Waals surface area (Å²) in [6.45, 7) is 3.88. The van der Waals surface area contributed by atoms with Crippen molar-refractivity contribution in [2.75, 3.05) is 10.6 Å². The molecule has 0 radical (unpaired) electrons. The number of benzene rings is 2. The van der Waals surface area contributed by atoms with Crippen molar-refractivity contribution in [2.45, 2.75) is 13.8 Å². The van der Waals surface area contributed by atoms with E-state index >= 15 is 0 Å². The first-order valence-corrected chi connectivity index (χ1v) is 9.29. The Labute approximate surface area is 164 Å². The van der Waals surface area contributed by atoms with Gasteiger partial charge in [0, 0.05) is 5.69 Å². The number of nitro groups is 1. The van der Waals surface area contributed by atoms with Crippen LogP contribution in [0.25, 0.3) is 10.2 Å². The molecule has 0 bridgehead atoms. The number of nitrogens with zero attached hydrogens (tertiary/aromatic N) is 4. The molecule has 0 spiro atoms. The van der Waals surface area contributed by atoms with E-state index in [2.05, 4.69) is 25.6 Å². The number of nitrogens with one attached hydrogen (secondary N) is 2. The Morgan fingerprint density at radius 3 is 2.54 bits per heavy atom. The quantitative estimate of drug-likeness (QED) is 0.359. The average molecular weight is 392 g/mol. The monoisotopic (exact) mass is 392 g/mol. The normalized spacial score (nSPS) is 10.8. The standard InChI is InChI=1S/C19H16N6O2S/c1-11-7-8-12(2)14(9-11)22-17-16(25(26)27)18(21-10-20-17)24-19-23-13-5-3-4-6-15(13)28-19/h3-10H,1-2H3,(H2,20,21,22,23,24). The summed E-state index contributed by atoms with van der Waals surface area (Å²) in [7, 11) is 0. The molecule has 140 valence electrons. The first-order valence-electron chi connectivity index (χ1n) is 8.47. The number of aryl methyl sites for hydroxylation is 2. The van der Waals surface area contributed by atoms with E-state index in [1.807, 2.05) is 56.3 Å². The van der Waals surface area contributed by atoms with Crippen LogP contribution in [0.1, 0.15) is 11.1 Å². The summed E-state index contributed by atoms with van der Waals surface area (Å²) in [5.74, 6) is 0.212. The van der Waals surface area contributed by atoms with Gasteiger partial charge in [-0.05, 0) is 43.2 Å². The van der Waals surface area contributed by atoms with Crippen LogP contribution in [0.15, 0.2) is 48.8 Å². The van der Waals surface area contributed by atoms with Crippen LogP contribution in [-0.2, 0) is 0 Å². The highest BCUT2D eigenvalue weighted by Gasteiger charge is 2.24. The highest BCUT2D eigenvalue weighted by molar-refractivity contribution is 7.22. The van der Waals surface area contributed by atoms with Crippen LogP contribution < -0.4 is 10.6 Å². The molecule has 0 fully saturated rings. The maximum atomic E-state index is 11.8. The fraction of sp³-hybridized carbons (Fsp3) is 0.105. The SMILES string of the molecule is Cc1ccc(C)c(Nc2ncnc(Nc3nc4ccccc4s3)c2[N+](=O)[O-])c1. The number of anilines is 4. The van der Waals surface area contributed by atoms with Gasteiger partial charge in [0.1, 0.15) is 6.33 Å². The molecule has 4 aromatic rings. The molecule has 0 saturated carbocycles. The lowest BCUT2D eigenvalue weighted by atomic mass is 10.1. The highest BCUT2D eigenvalue weighted by Crippen LogP contribution is 2.35. The van der Waals surface area contributed by atoms with E-state index in [0.29, 0.717) is 5.13 Å². The predicted octanol–water partition coefficient (Wildman–Crippen LogP) is 5.10. The molecule has 2 aromatic carbocycles. The van der Waals surface area contributed by atoms with Crippen LogP contribution in [0.2, 0.25) is 0 Å². The van der Waals surface area contributed by atoms with E-state index in [-0.39, 0.29) is 17.3 Å². The summed E-state index contributed by atoms with van der Waals surface area (Å²) in [6.07, 6.45) is 1.29. The maximum Gasteiger partial charge on any atom is 0.353 e. The van der Waals surface area contributed by atoms with Crippen LogP contribution >= 0.6 is 11.3 Å². The zero-order valence-electron chi connectivity index (χ0n) is 15.1. The van der Waals surface area contributed by atoms with E-state index < -0.39 is 4.92 Å². The molecule has 2 aromatic heterocycles. The molecule has 0 aliphatic carbocycles. The molecular weight excluding hydrogens is 376 g/mol. The van der Waals surface area contributed by atoms with Gasteiger partial charge in [-0.3, -0.25) is 10.1 Å². The molecule has 0 aliphatic heterocycles. The summed E-state index contributed by atoms with van der Waals surface area (Å²) in [5.41, 5.74) is 3.34. The van der Waals surface area contributed by atoms with Crippen molar-refractivity contribution in [3.05, 3.63) is 70.0 Å². The van der Waals surface area contributed by atoms with Gasteiger partial charge < -0.3 is 10.6 Å². The minimum Gasteiger partial charge on any atom is -0.334 e. The third-order valence-electron chi connectivity index (χ3n) is 4.17. The van der Waals surface area contributed by atoms with Gasteiger partial charge in [-0.15, -0.1) is 0 Å². The molecule has 0 amide bonds. The first kappa shape index (κ1) is 17.8. The fourth-order valence-electron chi connectivity index (χ4n) is 2.76. The Bertz CT molecular complexity index is 1160. The molecule has 28 heavy (non-hydrogen) atoms. The molecule has 8 nitrogen and oxygen atoms in total. The molecule has 4 rings (SSSR count). The van der Waals surface area contributed by atoms with E-state index in [9.17, 15) is 10.1 Å². The average Bonchev–Trinajstić information content (AvgIpc) is 3.07. The van der Waals surface area contributed by atoms with Gasteiger partial charge in [0.05, 0.1) is 15.1 Å². The third kappa shape index (κ3) is 3.47. The largest absolute Gasteiger partial charge is 0.353 e. The Morgan fingerprint density at radius 1 is 1.04 bits per heavy atom. The number of para-hydroxylation sites is 1. The molecule has 0 atom stereocenters. The van der Waals surface area contributed by atoms with Crippen molar-refractivity contribution < 1.29 is 4.92 Å². The summed E-state index contributed by atoms with van der Waals surface area (Å²) in [6, 6.07) is 13.5. The zero-order chi connectivity index (χ0) is 19.7. The molecule has 2 N–H and O–H groups in total. The van der Waals surface area contributed by atoms with Crippen molar-refractivity contribution in [1.29, 1.82) is 0 Å². The van der Waals surface area contributed by atoms with Crippen LogP contribution in [0.5, 0.6) is 0 Å². The van der Waals surface area contributed by atoms with Gasteiger partial charge in [-0.1, -0.05) is 35.6 Å². The number of hydrogen-bond donors (Lipinski definition) is 2. The molecule has 0 aliphatic rings. The Morgan fingerprint density at radius 2 is 1.79 bits per heavy atom. The number of hydrogen-bond acceptors (Lipinski definition) is 8. The van der Waals surface area contributed by atoms with Gasteiger partial charge in [0.15, 0.2) is 5.13 Å². The van der Waals surface area contributed by atoms with Crippen molar-refractivity contribution >= 4 is 49.7 Å². The third-order valence-corrected chi connectivity index (χ3v) is 5.12. The summed E-state index contributed by atoms with van der Waals surface area (Å²) < 4.78 is 0.982. The van der Waals surface area contributed by atoms with Crippen LogP contribution in [-0.4, -0.2) is 19.9 Å². The number of thiazole rings is 1. The van der Waals surface area contributed by atoms with Crippen LogP contribution in [0, 0.1) is 24.0 Å². The van der Waals surface area contributed by atoms with Crippen molar-refractivity contribution in [3.8, 4) is 0 Å². The zero-order valence-corrected chi connectivity index (χ0v) is 15.9. The van der Waals surface area contributed by atoms with Crippen LogP contribution in [0.4, 0.5) is 28.1 Å². The summed E-state index contributed by atoms with van der Waals surface area (Å²) >= 11 is 1.40. The molecule has 0 saturated heterocycles. The number of fused-ring (bicyclic) bond motifs is 1. The second-order valence-electron chi connectivity index (χ2n) is 6.23. The Hall–Kier alpha value is -3.59. The minimum atomic E-state index is -0.497. The van der Waals surface area contributed by atoms with Crippen molar-refractivity contribution in [3.63, 3.8) is 0 Å². The molecule has 2 heterocycles. The van der Waals surface area contributed by atoms with Crippen molar-refractivity contribution in [1.82, 2.24) is 15.0 Å². The lowest BCUT2D eigenvalue weighted by molar-refractivity contribution is -0.383.